The van der Waals surface area contributed by atoms with E-state index in [1.807, 2.05) is 6.92 Å². The summed E-state index contributed by atoms with van der Waals surface area (Å²) in [6.07, 6.45) is -6.03. The fourth-order valence-electron chi connectivity index (χ4n) is 6.43. The zero-order chi connectivity index (χ0) is 22.0. The molecule has 0 amide bonds. The molecule has 0 aromatic carbocycles. The van der Waals surface area contributed by atoms with Crippen LogP contribution in [-0.2, 0) is 14.2 Å². The molecule has 2 aliphatic heterocycles. The van der Waals surface area contributed by atoms with E-state index < -0.39 is 60.5 Å². The number of aliphatic hydroxyl groups excluding tert-OH is 5. The molecule has 2 saturated carbocycles. The standard InChI is InChI=1S/C21H36O9/c1-20(2,27)13-9-4-10-5-11(21(10,3)18(26)17(13)28-7-9)8-29-19-16(25)15(24)14(23)12(6-22)30-19/h9-19,22-27H,4-8H2,1-3H3/t9?,10?,11-,12?,13-,14?,15?,16?,17?,18+,19?,21-/m0/s1. The maximum absolute atomic E-state index is 11.3. The quantitative estimate of drug-likeness (QED) is 0.309. The Bertz CT molecular complexity index is 622. The third-order valence-corrected chi connectivity index (χ3v) is 8.35. The molecule has 0 aromatic rings. The summed E-state index contributed by atoms with van der Waals surface area (Å²) in [7, 11) is 0. The fourth-order valence-corrected chi connectivity index (χ4v) is 6.43. The van der Waals surface area contributed by atoms with Gasteiger partial charge in [0, 0.05) is 11.3 Å². The van der Waals surface area contributed by atoms with Crippen LogP contribution in [0.1, 0.15) is 33.6 Å². The number of hydrogen-bond donors (Lipinski definition) is 6. The summed E-state index contributed by atoms with van der Waals surface area (Å²) in [5.74, 6) is 0.320. The van der Waals surface area contributed by atoms with Crippen LogP contribution in [0.15, 0.2) is 0 Å². The number of hydrogen-bond acceptors (Lipinski definition) is 9. The first kappa shape index (κ1) is 22.8. The third-order valence-electron chi connectivity index (χ3n) is 8.35. The first-order valence-corrected chi connectivity index (χ1v) is 10.9. The van der Waals surface area contributed by atoms with Crippen molar-refractivity contribution in [2.45, 2.75) is 82.1 Å². The zero-order valence-electron chi connectivity index (χ0n) is 17.8. The highest BCUT2D eigenvalue weighted by atomic mass is 16.7. The maximum Gasteiger partial charge on any atom is 0.186 e. The van der Waals surface area contributed by atoms with Crippen molar-refractivity contribution in [2.75, 3.05) is 19.8 Å². The van der Waals surface area contributed by atoms with E-state index in [0.29, 0.717) is 6.61 Å². The molecule has 2 bridgehead atoms. The number of rotatable bonds is 5. The third kappa shape index (κ3) is 3.43. The van der Waals surface area contributed by atoms with Crippen molar-refractivity contribution in [3.63, 3.8) is 0 Å². The van der Waals surface area contributed by atoms with Gasteiger partial charge < -0.3 is 44.8 Å². The molecule has 0 radical (unpaired) electrons. The Morgan fingerprint density at radius 2 is 1.77 bits per heavy atom. The van der Waals surface area contributed by atoms with Crippen LogP contribution in [0.3, 0.4) is 0 Å². The molecular weight excluding hydrogens is 396 g/mol. The lowest BCUT2D eigenvalue weighted by molar-refractivity contribution is -0.311. The van der Waals surface area contributed by atoms with Gasteiger partial charge in [0.15, 0.2) is 6.29 Å². The second kappa shape index (κ2) is 7.90. The predicted octanol–water partition coefficient (Wildman–Crippen LogP) is -1.39. The SMILES string of the molecule is CC(C)(O)[C@H]1C2COC1[C@@H](O)[C@@]1(C)C(C2)C[C@H]1COC1OC(CO)C(O)C(O)C1O. The van der Waals surface area contributed by atoms with Crippen LogP contribution in [0.2, 0.25) is 0 Å². The van der Waals surface area contributed by atoms with E-state index >= 15 is 0 Å². The van der Waals surface area contributed by atoms with Crippen molar-refractivity contribution in [3.8, 4) is 0 Å². The number of fused-ring (bicyclic) bond motifs is 3. The second-order valence-corrected chi connectivity index (χ2v) is 10.4. The Balaban J connectivity index is 1.44. The lowest BCUT2D eigenvalue weighted by Gasteiger charge is -2.58. The first-order chi connectivity index (χ1) is 14.0. The molecule has 4 fully saturated rings. The smallest absolute Gasteiger partial charge is 0.186 e. The molecule has 9 nitrogen and oxygen atoms in total. The van der Waals surface area contributed by atoms with Gasteiger partial charge in [0.1, 0.15) is 24.4 Å². The van der Waals surface area contributed by atoms with Gasteiger partial charge in [0.25, 0.3) is 0 Å². The summed E-state index contributed by atoms with van der Waals surface area (Å²) in [6, 6.07) is 0. The summed E-state index contributed by atoms with van der Waals surface area (Å²) in [6.45, 7) is 5.80. The van der Waals surface area contributed by atoms with Crippen molar-refractivity contribution >= 4 is 0 Å². The summed E-state index contributed by atoms with van der Waals surface area (Å²) in [4.78, 5) is 0. The van der Waals surface area contributed by atoms with Crippen LogP contribution < -0.4 is 0 Å². The van der Waals surface area contributed by atoms with Gasteiger partial charge in [-0.25, -0.2) is 0 Å². The van der Waals surface area contributed by atoms with E-state index in [0.717, 1.165) is 12.8 Å². The highest BCUT2D eigenvalue weighted by Crippen LogP contribution is 2.62. The average Bonchev–Trinajstić information content (AvgIpc) is 3.10. The minimum atomic E-state index is -1.48. The second-order valence-electron chi connectivity index (χ2n) is 10.4. The zero-order valence-corrected chi connectivity index (χ0v) is 17.8. The molecule has 8 unspecified atom stereocenters. The molecule has 2 aliphatic carbocycles. The molecular formula is C21H36O9. The maximum atomic E-state index is 11.3. The van der Waals surface area contributed by atoms with E-state index in [1.165, 1.54) is 0 Å². The van der Waals surface area contributed by atoms with Gasteiger partial charge in [-0.2, -0.15) is 0 Å². The average molecular weight is 433 g/mol. The largest absolute Gasteiger partial charge is 0.394 e. The van der Waals surface area contributed by atoms with Crippen LogP contribution in [0, 0.1) is 29.1 Å². The summed E-state index contributed by atoms with van der Waals surface area (Å²) in [5.41, 5.74) is -1.41. The number of aliphatic hydroxyl groups is 6. The minimum absolute atomic E-state index is 0.0183. The highest BCUT2D eigenvalue weighted by Gasteiger charge is 2.65. The van der Waals surface area contributed by atoms with Crippen molar-refractivity contribution < 1.29 is 44.8 Å². The highest BCUT2D eigenvalue weighted by molar-refractivity contribution is 5.13. The Morgan fingerprint density at radius 3 is 2.40 bits per heavy atom. The molecule has 4 rings (SSSR count). The minimum Gasteiger partial charge on any atom is -0.394 e. The van der Waals surface area contributed by atoms with Crippen LogP contribution in [0.5, 0.6) is 0 Å². The van der Waals surface area contributed by atoms with Gasteiger partial charge >= 0.3 is 0 Å². The Kier molecular flexibility index (Phi) is 6.01. The van der Waals surface area contributed by atoms with Gasteiger partial charge in [0.2, 0.25) is 0 Å². The summed E-state index contributed by atoms with van der Waals surface area (Å²) >= 11 is 0. The first-order valence-electron chi connectivity index (χ1n) is 10.9. The molecule has 4 aliphatic rings. The van der Waals surface area contributed by atoms with E-state index in [-0.39, 0.29) is 30.3 Å². The molecule has 2 saturated heterocycles. The van der Waals surface area contributed by atoms with Crippen molar-refractivity contribution in [1.29, 1.82) is 0 Å². The van der Waals surface area contributed by atoms with E-state index in [1.54, 1.807) is 13.8 Å². The van der Waals surface area contributed by atoms with Crippen LogP contribution in [0.25, 0.3) is 0 Å². The van der Waals surface area contributed by atoms with Crippen LogP contribution in [-0.4, -0.2) is 99.0 Å². The Hall–Kier alpha value is -0.360. The molecule has 0 spiro atoms. The van der Waals surface area contributed by atoms with E-state index in [4.69, 9.17) is 14.2 Å². The molecule has 2 heterocycles. The number of ether oxygens (including phenoxy) is 3. The molecule has 30 heavy (non-hydrogen) atoms. The van der Waals surface area contributed by atoms with Crippen LogP contribution >= 0.6 is 0 Å². The van der Waals surface area contributed by atoms with Gasteiger partial charge in [-0.15, -0.1) is 0 Å². The lowest BCUT2D eigenvalue weighted by atomic mass is 9.50. The van der Waals surface area contributed by atoms with Gasteiger partial charge in [-0.3, -0.25) is 0 Å². The summed E-state index contributed by atoms with van der Waals surface area (Å²) < 4.78 is 17.1. The Labute approximate surface area is 176 Å². The van der Waals surface area contributed by atoms with Crippen LogP contribution in [0.4, 0.5) is 0 Å². The van der Waals surface area contributed by atoms with Gasteiger partial charge in [0.05, 0.1) is 37.6 Å². The van der Waals surface area contributed by atoms with Crippen molar-refractivity contribution in [3.05, 3.63) is 0 Å². The molecule has 9 heteroatoms. The predicted molar refractivity (Wildman–Crippen MR) is 103 cm³/mol. The van der Waals surface area contributed by atoms with E-state index in [2.05, 4.69) is 0 Å². The normalized spacial score (nSPS) is 53.7. The topological polar surface area (TPSA) is 149 Å². The lowest BCUT2D eigenvalue weighted by Crippen LogP contribution is -2.62. The molecule has 174 valence electrons. The Morgan fingerprint density at radius 1 is 1.07 bits per heavy atom. The fraction of sp³-hybridized carbons (Fsp3) is 1.00. The summed E-state index contributed by atoms with van der Waals surface area (Å²) in [5, 5.41) is 61.3. The molecule has 12 atom stereocenters. The van der Waals surface area contributed by atoms with Crippen molar-refractivity contribution in [2.24, 2.45) is 29.1 Å². The van der Waals surface area contributed by atoms with Gasteiger partial charge in [-0.05, 0) is 44.4 Å². The molecule has 6 N–H and O–H groups in total. The van der Waals surface area contributed by atoms with Crippen molar-refractivity contribution in [1.82, 2.24) is 0 Å². The van der Waals surface area contributed by atoms with E-state index in [9.17, 15) is 30.6 Å². The molecule has 0 aromatic heterocycles. The van der Waals surface area contributed by atoms with Gasteiger partial charge in [-0.1, -0.05) is 6.92 Å². The monoisotopic (exact) mass is 432 g/mol.